The van der Waals surface area contributed by atoms with Crippen LogP contribution in [0.25, 0.3) is 0 Å². The van der Waals surface area contributed by atoms with E-state index < -0.39 is 10.6 Å². The van der Waals surface area contributed by atoms with Gasteiger partial charge in [0.05, 0.1) is 11.1 Å². The summed E-state index contributed by atoms with van der Waals surface area (Å²) in [6, 6.07) is 10.4. The first-order valence-corrected chi connectivity index (χ1v) is 3.80. The number of hydrogen-bond donors (Lipinski definition) is 1. The first-order chi connectivity index (χ1) is 6.74. The Morgan fingerprint density at radius 1 is 1.50 bits per heavy atom. The van der Waals surface area contributed by atoms with Gasteiger partial charge in [-0.05, 0) is 12.1 Å². The van der Waals surface area contributed by atoms with Gasteiger partial charge in [-0.25, -0.2) is 0 Å². The SMILES string of the molecule is N#CC(=CNc1ccccc1)[N+](=O)[O-]. The first-order valence-electron chi connectivity index (χ1n) is 3.80. The standard InChI is InChI=1S/C9H7N3O2/c10-6-9(12(13)14)7-11-8-4-2-1-3-5-8/h1-5,7,11H. The van der Waals surface area contributed by atoms with Gasteiger partial charge in [-0.15, -0.1) is 0 Å². The van der Waals surface area contributed by atoms with Crippen LogP contribution >= 0.6 is 0 Å². The van der Waals surface area contributed by atoms with Gasteiger partial charge in [0.25, 0.3) is 0 Å². The predicted octanol–water partition coefficient (Wildman–Crippen LogP) is 1.74. The van der Waals surface area contributed by atoms with Gasteiger partial charge < -0.3 is 5.32 Å². The molecule has 0 amide bonds. The minimum absolute atomic E-state index is 0.520. The van der Waals surface area contributed by atoms with Crippen molar-refractivity contribution < 1.29 is 4.92 Å². The van der Waals surface area contributed by atoms with Crippen molar-refractivity contribution in [3.8, 4) is 6.07 Å². The highest BCUT2D eigenvalue weighted by atomic mass is 16.6. The third kappa shape index (κ3) is 2.60. The molecule has 5 heteroatoms. The quantitative estimate of drug-likeness (QED) is 0.446. The molecule has 0 saturated carbocycles. The summed E-state index contributed by atoms with van der Waals surface area (Å²) in [5.41, 5.74) is 0.177. The van der Waals surface area contributed by atoms with E-state index >= 15 is 0 Å². The second-order valence-corrected chi connectivity index (χ2v) is 2.41. The van der Waals surface area contributed by atoms with Gasteiger partial charge in [0.2, 0.25) is 0 Å². The van der Waals surface area contributed by atoms with Gasteiger partial charge in [0.1, 0.15) is 0 Å². The average Bonchev–Trinajstić information content (AvgIpc) is 2.20. The van der Waals surface area contributed by atoms with Crippen LogP contribution in [0.2, 0.25) is 0 Å². The number of nitrogens with one attached hydrogen (secondary N) is 1. The van der Waals surface area contributed by atoms with E-state index in [1.807, 2.05) is 6.07 Å². The van der Waals surface area contributed by atoms with Crippen molar-refractivity contribution in [1.29, 1.82) is 5.26 Å². The van der Waals surface area contributed by atoms with E-state index in [1.165, 1.54) is 6.07 Å². The predicted molar refractivity (Wildman–Crippen MR) is 50.8 cm³/mol. The minimum Gasteiger partial charge on any atom is -0.355 e. The Morgan fingerprint density at radius 2 is 2.14 bits per heavy atom. The number of allylic oxidation sites excluding steroid dienone is 1. The Labute approximate surface area is 80.4 Å². The average molecular weight is 189 g/mol. The van der Waals surface area contributed by atoms with Gasteiger partial charge in [-0.2, -0.15) is 5.26 Å². The molecule has 0 aliphatic rings. The summed E-state index contributed by atoms with van der Waals surface area (Å²) in [4.78, 5) is 9.49. The van der Waals surface area contributed by atoms with Crippen LogP contribution in [0.15, 0.2) is 42.2 Å². The number of nitrogens with zero attached hydrogens (tertiary/aromatic N) is 2. The molecule has 0 bridgehead atoms. The fourth-order valence-electron chi connectivity index (χ4n) is 0.812. The summed E-state index contributed by atoms with van der Waals surface area (Å²) < 4.78 is 0. The monoisotopic (exact) mass is 189 g/mol. The van der Waals surface area contributed by atoms with Crippen molar-refractivity contribution in [3.63, 3.8) is 0 Å². The number of rotatable bonds is 3. The van der Waals surface area contributed by atoms with Crippen molar-refractivity contribution in [1.82, 2.24) is 0 Å². The van der Waals surface area contributed by atoms with E-state index in [-0.39, 0.29) is 0 Å². The van der Waals surface area contributed by atoms with Crippen molar-refractivity contribution in [2.24, 2.45) is 0 Å². The molecule has 0 heterocycles. The molecule has 0 spiro atoms. The number of nitriles is 1. The maximum Gasteiger partial charge on any atom is 0.361 e. The second-order valence-electron chi connectivity index (χ2n) is 2.41. The lowest BCUT2D eigenvalue weighted by Gasteiger charge is -1.97. The molecule has 14 heavy (non-hydrogen) atoms. The van der Waals surface area contributed by atoms with Crippen LogP contribution in [0, 0.1) is 21.4 Å². The number of nitro groups is 1. The maximum absolute atomic E-state index is 10.2. The number of benzene rings is 1. The second kappa shape index (κ2) is 4.62. The van der Waals surface area contributed by atoms with Gasteiger partial charge in [0, 0.05) is 5.69 Å². The zero-order valence-corrected chi connectivity index (χ0v) is 7.18. The molecule has 1 N–H and O–H groups in total. The molecule has 0 aromatic heterocycles. The van der Waals surface area contributed by atoms with E-state index in [0.29, 0.717) is 5.69 Å². The van der Waals surface area contributed by atoms with Crippen LogP contribution in [-0.2, 0) is 0 Å². The van der Waals surface area contributed by atoms with Crippen LogP contribution < -0.4 is 5.32 Å². The molecule has 70 valence electrons. The van der Waals surface area contributed by atoms with E-state index in [4.69, 9.17) is 5.26 Å². The lowest BCUT2D eigenvalue weighted by molar-refractivity contribution is -0.417. The third-order valence-corrected chi connectivity index (χ3v) is 1.46. The van der Waals surface area contributed by atoms with E-state index in [9.17, 15) is 10.1 Å². The zero-order chi connectivity index (χ0) is 10.4. The van der Waals surface area contributed by atoms with Crippen LogP contribution in [-0.4, -0.2) is 4.92 Å². The van der Waals surface area contributed by atoms with Crippen molar-refractivity contribution in [2.45, 2.75) is 0 Å². The molecule has 0 fully saturated rings. The Morgan fingerprint density at radius 3 is 2.64 bits per heavy atom. The molecule has 0 saturated heterocycles. The largest absolute Gasteiger partial charge is 0.361 e. The number of hydrogen-bond acceptors (Lipinski definition) is 4. The zero-order valence-electron chi connectivity index (χ0n) is 7.18. The van der Waals surface area contributed by atoms with Crippen LogP contribution in [0.4, 0.5) is 5.69 Å². The molecule has 0 aliphatic heterocycles. The van der Waals surface area contributed by atoms with Crippen molar-refractivity contribution in [2.75, 3.05) is 5.32 Å². The molecule has 1 aromatic carbocycles. The smallest absolute Gasteiger partial charge is 0.355 e. The van der Waals surface area contributed by atoms with E-state index in [0.717, 1.165) is 6.20 Å². The highest BCUT2D eigenvalue weighted by Gasteiger charge is 2.06. The Balaban J connectivity index is 2.73. The molecule has 0 radical (unpaired) electrons. The molecular weight excluding hydrogens is 182 g/mol. The molecule has 1 aromatic rings. The summed E-state index contributed by atoms with van der Waals surface area (Å²) in [5.74, 6) is 0. The Kier molecular flexibility index (Phi) is 3.21. The minimum atomic E-state index is -0.740. The summed E-state index contributed by atoms with van der Waals surface area (Å²) >= 11 is 0. The Hall–Kier alpha value is -2.35. The molecule has 1 rings (SSSR count). The van der Waals surface area contributed by atoms with E-state index in [1.54, 1.807) is 24.3 Å². The molecule has 5 nitrogen and oxygen atoms in total. The highest BCUT2D eigenvalue weighted by molar-refractivity contribution is 5.45. The van der Waals surface area contributed by atoms with Crippen LogP contribution in [0.3, 0.4) is 0 Å². The summed E-state index contributed by atoms with van der Waals surface area (Å²) in [7, 11) is 0. The lowest BCUT2D eigenvalue weighted by Crippen LogP contribution is -1.99. The lowest BCUT2D eigenvalue weighted by atomic mass is 10.3. The molecule has 0 unspecified atom stereocenters. The summed E-state index contributed by atoms with van der Waals surface area (Å²) in [6.07, 6.45) is 1.06. The highest BCUT2D eigenvalue weighted by Crippen LogP contribution is 2.05. The summed E-state index contributed by atoms with van der Waals surface area (Å²) in [6.45, 7) is 0. The topological polar surface area (TPSA) is 79.0 Å². The fraction of sp³-hybridized carbons (Fsp3) is 0. The molecular formula is C9H7N3O2. The number of para-hydroxylation sites is 1. The third-order valence-electron chi connectivity index (χ3n) is 1.46. The molecule has 0 aliphatic carbocycles. The van der Waals surface area contributed by atoms with Crippen LogP contribution in [0.5, 0.6) is 0 Å². The van der Waals surface area contributed by atoms with E-state index in [2.05, 4.69) is 5.32 Å². The molecule has 0 atom stereocenters. The first kappa shape index (κ1) is 9.74. The van der Waals surface area contributed by atoms with Gasteiger partial charge in [-0.1, -0.05) is 18.2 Å². The van der Waals surface area contributed by atoms with Crippen LogP contribution in [0.1, 0.15) is 0 Å². The fourth-order valence-corrected chi connectivity index (χ4v) is 0.812. The van der Waals surface area contributed by atoms with Crippen molar-refractivity contribution in [3.05, 3.63) is 52.3 Å². The Bertz CT molecular complexity index is 392. The normalized spacial score (nSPS) is 10.4. The van der Waals surface area contributed by atoms with Gasteiger partial charge in [0.15, 0.2) is 6.07 Å². The maximum atomic E-state index is 10.2. The van der Waals surface area contributed by atoms with Crippen molar-refractivity contribution >= 4 is 5.69 Å². The summed E-state index contributed by atoms with van der Waals surface area (Å²) in [5, 5.41) is 21.3. The van der Waals surface area contributed by atoms with Gasteiger partial charge >= 0.3 is 5.70 Å². The van der Waals surface area contributed by atoms with Gasteiger partial charge in [-0.3, -0.25) is 10.1 Å². The number of anilines is 1.